The van der Waals surface area contributed by atoms with Crippen molar-refractivity contribution >= 4 is 113 Å². The van der Waals surface area contributed by atoms with Crippen LogP contribution in [0.4, 0.5) is 0 Å². The molecule has 0 unspecified atom stereocenters. The molecule has 3 saturated heterocycles. The summed E-state index contributed by atoms with van der Waals surface area (Å²) in [7, 11) is 0. The Hall–Kier alpha value is -7.61. The summed E-state index contributed by atoms with van der Waals surface area (Å²) < 4.78 is 0. The molecule has 0 saturated carbocycles. The standard InChI is InChI=1S/C57H97N17O18S2/c1-28(2)23-34(56(91)92)66-51(86)43(29(3)4)70-47(82)37(27-93)69-49(84)39-13-9-21-74(39)55(90)36(26-76)68-52(87)44(30(5)77)71-50(85)40-14-10-20-73(40)53(88)32(11-7-18-62-57(60)61)65-48(83)38-12-8-19-72(38)54(89)33(15-16-41(59)78)64-42(79)24-63-46(81)35(25-75)67-45(80)31(58)17-22-94-6/h28-40,43-44,75-77,93H,7-27,58H2,1-6H3,(H2,59,78)(H,63,81)(H,64,79)(H,65,83)(H,66,86)(H,67,80)(H,68,87)(H,69,84)(H,70,82)(H,71,85)(H,91,92)(H4,60,61,62)/t30-,31+,32+,33+,34+,35+,36+,37+,38+,39+,40+,43+,44+/m1/s1. The third kappa shape index (κ3) is 24.9. The number of aliphatic hydroxyl groups is 3. The van der Waals surface area contributed by atoms with Crippen molar-refractivity contribution in [1.29, 1.82) is 0 Å². The van der Waals surface area contributed by atoms with E-state index in [-0.39, 0.29) is 114 Å². The number of hydrogen-bond donors (Lipinski definition) is 18. The minimum absolute atomic E-state index is 0.00676. The highest BCUT2D eigenvalue weighted by molar-refractivity contribution is 7.98. The van der Waals surface area contributed by atoms with Crippen molar-refractivity contribution in [3.8, 4) is 0 Å². The molecule has 3 rings (SSSR count). The van der Waals surface area contributed by atoms with Crippen LogP contribution in [-0.2, 0) is 67.1 Å². The molecule has 0 aliphatic carbocycles. The van der Waals surface area contributed by atoms with Gasteiger partial charge in [0.15, 0.2) is 5.96 Å². The van der Waals surface area contributed by atoms with E-state index in [2.05, 4.69) is 65.5 Å². The summed E-state index contributed by atoms with van der Waals surface area (Å²) in [5.74, 6) is -13.2. The smallest absolute Gasteiger partial charge is 0.326 e. The first kappa shape index (κ1) is 80.6. The monoisotopic (exact) mass is 1370 g/mol. The Morgan fingerprint density at radius 2 is 1.05 bits per heavy atom. The van der Waals surface area contributed by atoms with E-state index < -0.39 is 193 Å². The number of hydrogen-bond acceptors (Lipinski definition) is 21. The summed E-state index contributed by atoms with van der Waals surface area (Å²) in [4.78, 5) is 196. The second-order valence-corrected chi connectivity index (χ2v) is 25.4. The Morgan fingerprint density at radius 1 is 0.574 bits per heavy atom. The normalized spacial score (nSPS) is 19.3. The lowest BCUT2D eigenvalue weighted by molar-refractivity contribution is -0.145. The molecule has 530 valence electrons. The molecule has 13 amide bonds. The van der Waals surface area contributed by atoms with E-state index in [0.717, 1.165) is 21.6 Å². The minimum Gasteiger partial charge on any atom is -0.480 e. The predicted molar refractivity (Wildman–Crippen MR) is 344 cm³/mol. The van der Waals surface area contributed by atoms with Crippen molar-refractivity contribution in [2.75, 3.05) is 63.7 Å². The number of thioether (sulfide) groups is 1. The fraction of sp³-hybridized carbons (Fsp3) is 0.737. The number of carboxylic acid groups (broad SMARTS) is 1. The number of carbonyl (C=O) groups is 14. The molecule has 0 aromatic heterocycles. The lowest BCUT2D eigenvalue weighted by atomic mass is 10.00. The number of guanidine groups is 1. The first-order valence-electron chi connectivity index (χ1n) is 31.2. The van der Waals surface area contributed by atoms with Crippen LogP contribution in [0.2, 0.25) is 0 Å². The maximum Gasteiger partial charge on any atom is 0.326 e. The van der Waals surface area contributed by atoms with E-state index in [1.165, 1.54) is 11.8 Å². The Bertz CT molecular complexity index is 2710. The van der Waals surface area contributed by atoms with Gasteiger partial charge in [0.2, 0.25) is 76.8 Å². The van der Waals surface area contributed by atoms with E-state index in [0.29, 0.717) is 5.75 Å². The zero-order valence-corrected chi connectivity index (χ0v) is 55.7. The molecule has 0 aromatic rings. The number of rotatable bonds is 39. The molecule has 0 aromatic carbocycles. The molecule has 3 fully saturated rings. The highest BCUT2D eigenvalue weighted by Crippen LogP contribution is 2.24. The average molecular weight is 1370 g/mol. The van der Waals surface area contributed by atoms with E-state index in [1.807, 2.05) is 6.26 Å². The lowest BCUT2D eigenvalue weighted by Crippen LogP contribution is -2.62. The van der Waals surface area contributed by atoms with Crippen molar-refractivity contribution in [2.45, 2.75) is 190 Å². The van der Waals surface area contributed by atoms with Gasteiger partial charge in [-0.2, -0.15) is 24.4 Å². The molecule has 0 bridgehead atoms. The van der Waals surface area contributed by atoms with Crippen molar-refractivity contribution < 1.29 is 87.5 Å². The molecular weight excluding hydrogens is 1270 g/mol. The van der Waals surface area contributed by atoms with E-state index in [4.69, 9.17) is 22.9 Å². The first-order chi connectivity index (χ1) is 44.3. The largest absolute Gasteiger partial charge is 0.480 e. The summed E-state index contributed by atoms with van der Waals surface area (Å²) in [6, 6.07) is -16.5. The van der Waals surface area contributed by atoms with Crippen LogP contribution in [0.1, 0.15) is 112 Å². The fourth-order valence-electron chi connectivity index (χ4n) is 10.8. The maximum atomic E-state index is 14.6. The number of primary amides is 1. The van der Waals surface area contributed by atoms with Gasteiger partial charge in [0.05, 0.1) is 31.9 Å². The molecule has 0 spiro atoms. The number of aliphatic imine (C=N–C) groups is 1. The van der Waals surface area contributed by atoms with Gasteiger partial charge in [-0.05, 0) is 101 Å². The second kappa shape index (κ2) is 39.9. The third-order valence-corrected chi connectivity index (χ3v) is 16.8. The Labute approximate surface area is 554 Å². The number of carbonyl (C=O) groups excluding carboxylic acids is 13. The first-order valence-corrected chi connectivity index (χ1v) is 33.3. The number of likely N-dealkylation sites (tertiary alicyclic amines) is 3. The average Bonchev–Trinajstić information content (AvgIpc) is 1.62. The molecule has 35 nitrogen and oxygen atoms in total. The van der Waals surface area contributed by atoms with E-state index in [9.17, 15) is 87.5 Å². The summed E-state index contributed by atoms with van der Waals surface area (Å²) in [5, 5.41) is 62.9. The number of thiol groups is 1. The number of nitrogens with zero attached hydrogens (tertiary/aromatic N) is 4. The predicted octanol–water partition coefficient (Wildman–Crippen LogP) is -7.56. The van der Waals surface area contributed by atoms with Gasteiger partial charge in [-0.15, -0.1) is 0 Å². The Morgan fingerprint density at radius 3 is 1.51 bits per heavy atom. The molecule has 94 heavy (non-hydrogen) atoms. The molecule has 3 aliphatic rings. The van der Waals surface area contributed by atoms with Gasteiger partial charge >= 0.3 is 5.97 Å². The SMILES string of the molecule is CSCC[C@H](N)C(=O)N[C@@H](CO)C(=O)NCC(=O)N[C@@H](CCC(N)=O)C(=O)N1CCC[C@H]1C(=O)N[C@@H](CCCN=C(N)N)C(=O)N1CCC[C@H]1C(=O)N[C@H](C(=O)N[C@@H](CO)C(=O)N1CCC[C@H]1C(=O)N[C@@H](CS)C(=O)N[C@H](C(=O)N[C@@H](CC(C)C)C(=O)O)C(C)C)[C@@H](C)O. The Kier molecular flexibility index (Phi) is 34.3. The van der Waals surface area contributed by atoms with Crippen molar-refractivity contribution in [1.82, 2.24) is 62.6 Å². The lowest BCUT2D eigenvalue weighted by Gasteiger charge is -2.33. The number of aliphatic hydroxyl groups excluding tert-OH is 3. The summed E-state index contributed by atoms with van der Waals surface area (Å²) >= 11 is 5.67. The molecule has 21 N–H and O–H groups in total. The maximum absolute atomic E-state index is 14.6. The van der Waals surface area contributed by atoms with Crippen LogP contribution in [0, 0.1) is 11.8 Å². The quantitative estimate of drug-likeness (QED) is 0.0118. The van der Waals surface area contributed by atoms with Gasteiger partial charge in [0.25, 0.3) is 0 Å². The van der Waals surface area contributed by atoms with Crippen LogP contribution in [0.15, 0.2) is 4.99 Å². The van der Waals surface area contributed by atoms with Gasteiger partial charge in [-0.25, -0.2) is 4.79 Å². The second-order valence-electron chi connectivity index (χ2n) is 24.0. The summed E-state index contributed by atoms with van der Waals surface area (Å²) in [6.07, 6.45) is 0.781. The van der Waals surface area contributed by atoms with E-state index >= 15 is 0 Å². The zero-order valence-electron chi connectivity index (χ0n) is 54.0. The number of aliphatic carboxylic acids is 1. The molecule has 0 radical (unpaired) electrons. The highest BCUT2D eigenvalue weighted by atomic mass is 32.2. The third-order valence-electron chi connectivity index (χ3n) is 15.8. The van der Waals surface area contributed by atoms with Crippen LogP contribution < -0.4 is 70.8 Å². The summed E-state index contributed by atoms with van der Waals surface area (Å²) in [6.45, 7) is 5.23. The van der Waals surface area contributed by atoms with Crippen LogP contribution in [0.25, 0.3) is 0 Å². The van der Waals surface area contributed by atoms with Crippen LogP contribution in [-0.4, -0.2) is 266 Å². The molecule has 13 atom stereocenters. The zero-order chi connectivity index (χ0) is 70.7. The van der Waals surface area contributed by atoms with Crippen LogP contribution >= 0.6 is 24.4 Å². The van der Waals surface area contributed by atoms with Crippen LogP contribution in [0.5, 0.6) is 0 Å². The van der Waals surface area contributed by atoms with Gasteiger partial charge in [-0.3, -0.25) is 67.3 Å². The van der Waals surface area contributed by atoms with Crippen molar-refractivity contribution in [3.63, 3.8) is 0 Å². The molecule has 3 heterocycles. The fourth-order valence-corrected chi connectivity index (χ4v) is 11.5. The molecule has 37 heteroatoms. The minimum atomic E-state index is -1.81. The number of amides is 13. The highest BCUT2D eigenvalue weighted by Gasteiger charge is 2.45. The number of nitrogens with two attached hydrogens (primary N) is 4. The van der Waals surface area contributed by atoms with Crippen molar-refractivity contribution in [3.05, 3.63) is 0 Å². The van der Waals surface area contributed by atoms with E-state index in [1.54, 1.807) is 27.7 Å². The molecular formula is C57H97N17O18S2. The van der Waals surface area contributed by atoms with Crippen LogP contribution in [0.3, 0.4) is 0 Å². The number of nitrogens with one attached hydrogen (secondary N) is 9. The Balaban J connectivity index is 1.76. The van der Waals surface area contributed by atoms with Crippen molar-refractivity contribution in [2.24, 2.45) is 39.8 Å². The van der Waals surface area contributed by atoms with Gasteiger partial charge in [-0.1, -0.05) is 27.7 Å². The number of carboxylic acids is 1. The molecule has 3 aliphatic heterocycles. The summed E-state index contributed by atoms with van der Waals surface area (Å²) in [5.41, 5.74) is 22.3. The van der Waals surface area contributed by atoms with Gasteiger partial charge in [0, 0.05) is 38.4 Å². The van der Waals surface area contributed by atoms with Gasteiger partial charge < -0.3 is 106 Å². The van der Waals surface area contributed by atoms with Gasteiger partial charge in [0.1, 0.15) is 66.5 Å². The topological polar surface area (TPSA) is 554 Å².